The molecule has 5 aromatic carbocycles. The maximum atomic E-state index is 4.93. The Labute approximate surface area is 296 Å². The summed E-state index contributed by atoms with van der Waals surface area (Å²) in [6.07, 6.45) is 7.96. The number of fused-ring (bicyclic) bond motifs is 2. The van der Waals surface area contributed by atoms with E-state index in [9.17, 15) is 0 Å². The molecule has 1 unspecified atom stereocenters. The first-order valence-electron chi connectivity index (χ1n) is 16.6. The van der Waals surface area contributed by atoms with Crippen LogP contribution in [-0.4, -0.2) is 17.6 Å². The van der Waals surface area contributed by atoms with Crippen LogP contribution < -0.4 is 5.19 Å². The Morgan fingerprint density at radius 2 is 1.42 bits per heavy atom. The number of hydrogen-bond donors (Lipinski definition) is 0. The third-order valence-electron chi connectivity index (χ3n) is 9.06. The van der Waals surface area contributed by atoms with E-state index >= 15 is 0 Å². The molecule has 0 heterocycles. The van der Waals surface area contributed by atoms with E-state index in [4.69, 9.17) is 17.0 Å². The Morgan fingerprint density at radius 1 is 0.844 bits per heavy atom. The third kappa shape index (κ3) is 10.6. The summed E-state index contributed by atoms with van der Waals surface area (Å²) in [6.45, 7) is 18.3. The minimum absolute atomic E-state index is 0.674. The van der Waals surface area contributed by atoms with E-state index in [0.717, 1.165) is 21.9 Å². The van der Waals surface area contributed by atoms with Gasteiger partial charge in [-0.1, -0.05) is 125 Å². The van der Waals surface area contributed by atoms with Gasteiger partial charge >= 0.3 is 37.9 Å². The van der Waals surface area contributed by atoms with Gasteiger partial charge in [0.15, 0.2) is 0 Å². The first kappa shape index (κ1) is 38.2. The predicted octanol–water partition coefficient (Wildman–Crippen LogP) is 13.2. The molecule has 5 heteroatoms. The number of aryl methyl sites for hydroxylation is 1. The Kier molecular flexibility index (Phi) is 16.1. The van der Waals surface area contributed by atoms with Crippen LogP contribution in [0.2, 0.25) is 32.7 Å². The molecule has 0 nitrogen and oxygen atoms in total. The zero-order valence-corrected chi connectivity index (χ0v) is 34.7. The molecule has 5 aromatic rings. The second kappa shape index (κ2) is 18.9. The summed E-state index contributed by atoms with van der Waals surface area (Å²) in [5.74, 6) is 1.51. The van der Waals surface area contributed by atoms with Crippen molar-refractivity contribution in [1.82, 2.24) is 0 Å². The Bertz CT molecular complexity index is 1570. The van der Waals surface area contributed by atoms with Gasteiger partial charge in [-0.25, -0.2) is 0 Å². The van der Waals surface area contributed by atoms with Crippen LogP contribution in [0.25, 0.3) is 32.7 Å². The van der Waals surface area contributed by atoms with E-state index in [-0.39, 0.29) is 0 Å². The second-order valence-electron chi connectivity index (χ2n) is 13.4. The molecule has 2 radical (unpaired) electrons. The Morgan fingerprint density at radius 3 is 1.98 bits per heavy atom. The molecule has 0 bridgehead atoms. The second-order valence-corrected chi connectivity index (χ2v) is 23.2. The topological polar surface area (TPSA) is 0 Å². The van der Waals surface area contributed by atoms with Crippen LogP contribution in [0.15, 0.2) is 84.9 Å². The summed E-state index contributed by atoms with van der Waals surface area (Å²) in [7, 11) is 9.74. The van der Waals surface area contributed by atoms with E-state index in [2.05, 4.69) is 138 Å². The summed E-state index contributed by atoms with van der Waals surface area (Å²) in [5.41, 5.74) is 7.25. The van der Waals surface area contributed by atoms with E-state index in [1.807, 2.05) is 0 Å². The third-order valence-corrected chi connectivity index (χ3v) is 11.1. The van der Waals surface area contributed by atoms with Gasteiger partial charge in [0.05, 0.1) is 8.07 Å². The number of hydrogen-bond acceptors (Lipinski definition) is 0. The summed E-state index contributed by atoms with van der Waals surface area (Å²) >= 11 is -0.826. The van der Waals surface area contributed by atoms with Crippen molar-refractivity contribution in [3.63, 3.8) is 0 Å². The summed E-state index contributed by atoms with van der Waals surface area (Å²) < 4.78 is 0. The van der Waals surface area contributed by atoms with Gasteiger partial charge < -0.3 is 0 Å². The van der Waals surface area contributed by atoms with Gasteiger partial charge in [0.2, 0.25) is 0 Å². The van der Waals surface area contributed by atoms with Crippen LogP contribution in [0.5, 0.6) is 0 Å². The quantitative estimate of drug-likeness (QED) is 0.120. The molecule has 0 saturated heterocycles. The van der Waals surface area contributed by atoms with Crippen LogP contribution in [0.1, 0.15) is 81.4 Å². The van der Waals surface area contributed by atoms with Gasteiger partial charge in [-0.2, -0.15) is 12.1 Å². The molecule has 1 saturated carbocycles. The van der Waals surface area contributed by atoms with Gasteiger partial charge in [-0.15, -0.1) is 69.1 Å². The van der Waals surface area contributed by atoms with Crippen molar-refractivity contribution in [2.75, 3.05) is 0 Å². The molecular weight excluding hydrogens is 699 g/mol. The number of benzene rings is 3. The van der Waals surface area contributed by atoms with Gasteiger partial charge in [-0.05, 0) is 36.7 Å². The zero-order chi connectivity index (χ0) is 33.0. The van der Waals surface area contributed by atoms with Crippen molar-refractivity contribution in [2.45, 2.75) is 104 Å². The first-order chi connectivity index (χ1) is 21.6. The maximum absolute atomic E-state index is 4.93. The first-order valence-corrected chi connectivity index (χ1v) is 28.5. The van der Waals surface area contributed by atoms with Crippen molar-refractivity contribution in [1.29, 1.82) is 0 Å². The number of rotatable bonds is 6. The van der Waals surface area contributed by atoms with E-state index in [1.54, 1.807) is 11.1 Å². The standard InChI is InChI=1S/C20H23Si.C18H23.C2H6Si.2ClH.Zr/c1-5-15-13-17-7-6-8-19(20(17)14-15)16-9-11-18(12-10-16)21(2,3)4;1-3-13(2)17-10-6-9-15-11-16(12-18(15)17)14-7-4-5-8-14;1-3-2;;;/h6-14H,5H2,1-4H3;6,9-14H,3-5,7-8H2,1-2H3;1-2H3;2*1H;/q2*-1;;;;+4/p-2. The zero-order valence-electron chi connectivity index (χ0n) is 28.7. The number of halogens is 2. The van der Waals surface area contributed by atoms with Crippen molar-refractivity contribution < 1.29 is 20.8 Å². The van der Waals surface area contributed by atoms with Crippen molar-refractivity contribution in [3.8, 4) is 11.1 Å². The van der Waals surface area contributed by atoms with Crippen LogP contribution >= 0.6 is 17.0 Å². The molecule has 0 spiro atoms. The fraction of sp³-hybridized carbons (Fsp3) is 0.400. The van der Waals surface area contributed by atoms with E-state index in [1.165, 1.54) is 75.5 Å². The average Bonchev–Trinajstić information content (AvgIpc) is 3.80. The monoisotopic (exact) mass is 748 g/mol. The van der Waals surface area contributed by atoms with E-state index in [0.29, 0.717) is 5.92 Å². The van der Waals surface area contributed by atoms with E-state index < -0.39 is 28.9 Å². The molecule has 1 fully saturated rings. The van der Waals surface area contributed by atoms with Crippen molar-refractivity contribution in [3.05, 3.63) is 102 Å². The van der Waals surface area contributed by atoms with Gasteiger partial charge in [-0.3, -0.25) is 0 Å². The molecule has 0 aromatic heterocycles. The summed E-state index contributed by atoms with van der Waals surface area (Å²) in [6, 6.07) is 32.3. The average molecular weight is 751 g/mol. The molecular formula is C40H52Cl2Si2Zr. The molecule has 0 amide bonds. The van der Waals surface area contributed by atoms with Crippen LogP contribution in [0, 0.1) is 0 Å². The fourth-order valence-corrected chi connectivity index (χ4v) is 7.50. The molecule has 0 N–H and O–H groups in total. The molecule has 45 heavy (non-hydrogen) atoms. The van der Waals surface area contributed by atoms with Crippen molar-refractivity contribution in [2.24, 2.45) is 0 Å². The van der Waals surface area contributed by atoms with Gasteiger partial charge in [0.1, 0.15) is 0 Å². The molecule has 1 atom stereocenters. The van der Waals surface area contributed by atoms with Crippen LogP contribution in [-0.2, 0) is 27.3 Å². The summed E-state index contributed by atoms with van der Waals surface area (Å²) in [4.78, 5) is 0. The minimum atomic E-state index is -1.21. The van der Waals surface area contributed by atoms with Gasteiger partial charge in [0, 0.05) is 9.52 Å². The van der Waals surface area contributed by atoms with Gasteiger partial charge in [0.25, 0.3) is 0 Å². The fourth-order valence-electron chi connectivity index (χ4n) is 6.33. The Hall–Kier alpha value is -1.22. The Balaban J connectivity index is 0.000000211. The van der Waals surface area contributed by atoms with Crippen molar-refractivity contribution >= 4 is 61.4 Å². The van der Waals surface area contributed by atoms with Crippen LogP contribution in [0.3, 0.4) is 0 Å². The SMILES string of the molecule is CCC(C)c1cccc2[cH-]c(C3CCCC3)cc12.CCc1cc2c(-c3ccc([Si](C)(C)C)cc3)cccc2[cH-]1.C[Si]C.[Cl][Zr+2][Cl]. The molecule has 0 aliphatic heterocycles. The molecule has 6 rings (SSSR count). The normalized spacial score (nSPS) is 13.6. The van der Waals surface area contributed by atoms with Crippen LogP contribution in [0.4, 0.5) is 0 Å². The molecule has 238 valence electrons. The predicted molar refractivity (Wildman–Crippen MR) is 206 cm³/mol. The molecule has 1 aliphatic rings. The molecule has 1 aliphatic carbocycles. The summed E-state index contributed by atoms with van der Waals surface area (Å²) in [5, 5.41) is 7.23.